The molecule has 1 aromatic carbocycles. The molecule has 0 radical (unpaired) electrons. The van der Waals surface area contributed by atoms with Crippen molar-refractivity contribution < 1.29 is 5.11 Å². The number of benzene rings is 1. The van der Waals surface area contributed by atoms with Gasteiger partial charge in [-0.1, -0.05) is 56.0 Å². The first-order valence-electron chi connectivity index (χ1n) is 8.60. The number of halogens is 2. The van der Waals surface area contributed by atoms with Gasteiger partial charge in [-0.05, 0) is 50.4 Å². The van der Waals surface area contributed by atoms with Crippen molar-refractivity contribution in [2.75, 3.05) is 13.6 Å². The van der Waals surface area contributed by atoms with E-state index in [2.05, 4.69) is 25.8 Å². The number of hydrogen-bond acceptors (Lipinski definition) is 2. The fourth-order valence-electron chi connectivity index (χ4n) is 3.84. The van der Waals surface area contributed by atoms with Crippen molar-refractivity contribution in [2.45, 2.75) is 64.0 Å². The second kappa shape index (κ2) is 7.74. The fourth-order valence-corrected chi connectivity index (χ4v) is 4.58. The van der Waals surface area contributed by atoms with Gasteiger partial charge in [0.2, 0.25) is 0 Å². The highest BCUT2D eigenvalue weighted by Gasteiger charge is 2.38. The lowest BCUT2D eigenvalue weighted by atomic mass is 9.73. The molecule has 1 aromatic rings. The van der Waals surface area contributed by atoms with Crippen LogP contribution in [0.5, 0.6) is 0 Å². The summed E-state index contributed by atoms with van der Waals surface area (Å²) in [6, 6.07) is 5.50. The van der Waals surface area contributed by atoms with Crippen LogP contribution in [0.15, 0.2) is 18.2 Å². The van der Waals surface area contributed by atoms with Crippen LogP contribution in [-0.2, 0) is 0 Å². The summed E-state index contributed by atoms with van der Waals surface area (Å²) in [5, 5.41) is 12.0. The lowest BCUT2D eigenvalue weighted by Crippen LogP contribution is -2.53. The molecule has 0 heterocycles. The van der Waals surface area contributed by atoms with Crippen molar-refractivity contribution in [2.24, 2.45) is 5.92 Å². The number of likely N-dealkylation sites (N-methyl/N-ethyl adjacent to an activating group) is 1. The van der Waals surface area contributed by atoms with E-state index in [9.17, 15) is 5.11 Å². The maximum Gasteiger partial charge on any atom is 0.0734 e. The Hall–Kier alpha value is -0.280. The molecule has 0 aromatic heterocycles. The van der Waals surface area contributed by atoms with Gasteiger partial charge in [-0.25, -0.2) is 0 Å². The summed E-state index contributed by atoms with van der Waals surface area (Å²) in [4.78, 5) is 2.34. The van der Waals surface area contributed by atoms with Crippen molar-refractivity contribution in [3.8, 4) is 0 Å². The standard InChI is InChI=1S/C19H29Cl2NO/c1-13-8-5-6-11-19(13,3)22(4)12-17(23)14(2)18-15(20)9-7-10-16(18)21/h7,9-10,13-14,17,23H,5-6,8,11-12H2,1-4H3/t13-,14+,17?,19-/m1/s1. The van der Waals surface area contributed by atoms with E-state index in [-0.39, 0.29) is 11.5 Å². The number of rotatable bonds is 5. The molecule has 2 rings (SSSR count). The third-order valence-corrected chi connectivity index (χ3v) is 6.66. The van der Waals surface area contributed by atoms with E-state index < -0.39 is 6.10 Å². The number of aliphatic hydroxyl groups is 1. The smallest absolute Gasteiger partial charge is 0.0734 e. The van der Waals surface area contributed by atoms with Gasteiger partial charge in [-0.3, -0.25) is 4.90 Å². The Morgan fingerprint density at radius 2 is 1.91 bits per heavy atom. The molecule has 4 atom stereocenters. The lowest BCUT2D eigenvalue weighted by molar-refractivity contribution is 0.00264. The molecule has 2 nitrogen and oxygen atoms in total. The predicted molar refractivity (Wildman–Crippen MR) is 99.6 cm³/mol. The van der Waals surface area contributed by atoms with Crippen LogP contribution in [0.2, 0.25) is 10.0 Å². The van der Waals surface area contributed by atoms with Gasteiger partial charge in [0.15, 0.2) is 0 Å². The maximum atomic E-state index is 10.8. The quantitative estimate of drug-likeness (QED) is 0.766. The zero-order valence-corrected chi connectivity index (χ0v) is 16.2. The molecule has 1 aliphatic rings. The molecule has 1 unspecified atom stereocenters. The largest absolute Gasteiger partial charge is 0.391 e. The zero-order valence-electron chi connectivity index (χ0n) is 14.6. The second-order valence-corrected chi connectivity index (χ2v) is 8.19. The number of aliphatic hydroxyl groups excluding tert-OH is 1. The molecule has 1 aliphatic carbocycles. The van der Waals surface area contributed by atoms with Crippen LogP contribution in [0.3, 0.4) is 0 Å². The number of β-amino-alcohol motifs (C(OH)–C–C–N with tert-alkyl or cyclic N) is 1. The van der Waals surface area contributed by atoms with E-state index in [4.69, 9.17) is 23.2 Å². The fraction of sp³-hybridized carbons (Fsp3) is 0.684. The molecule has 0 saturated heterocycles. The third kappa shape index (κ3) is 4.04. The van der Waals surface area contributed by atoms with Crippen molar-refractivity contribution in [1.29, 1.82) is 0 Å². The first-order valence-corrected chi connectivity index (χ1v) is 9.36. The Bertz CT molecular complexity index is 516. The molecule has 1 N–H and O–H groups in total. The molecule has 130 valence electrons. The molecule has 0 amide bonds. The summed E-state index contributed by atoms with van der Waals surface area (Å²) in [6.45, 7) is 7.29. The Morgan fingerprint density at radius 3 is 2.48 bits per heavy atom. The molecule has 1 fully saturated rings. The van der Waals surface area contributed by atoms with Gasteiger partial charge in [0.05, 0.1) is 6.10 Å². The highest BCUT2D eigenvalue weighted by molar-refractivity contribution is 6.36. The van der Waals surface area contributed by atoms with E-state index in [1.165, 1.54) is 25.7 Å². The van der Waals surface area contributed by atoms with E-state index in [0.717, 1.165) is 5.56 Å². The molecule has 1 saturated carbocycles. The van der Waals surface area contributed by atoms with Crippen molar-refractivity contribution in [1.82, 2.24) is 4.90 Å². The topological polar surface area (TPSA) is 23.5 Å². The van der Waals surface area contributed by atoms with Gasteiger partial charge in [0, 0.05) is 28.0 Å². The Kier molecular flexibility index (Phi) is 6.41. The average molecular weight is 358 g/mol. The van der Waals surface area contributed by atoms with E-state index in [0.29, 0.717) is 22.5 Å². The lowest BCUT2D eigenvalue weighted by Gasteiger charge is -2.47. The van der Waals surface area contributed by atoms with Crippen LogP contribution in [0.25, 0.3) is 0 Å². The van der Waals surface area contributed by atoms with Gasteiger partial charge >= 0.3 is 0 Å². The summed E-state index contributed by atoms with van der Waals surface area (Å²) in [7, 11) is 2.13. The van der Waals surface area contributed by atoms with E-state index in [1.54, 1.807) is 0 Å². The molecular formula is C19H29Cl2NO. The summed E-state index contributed by atoms with van der Waals surface area (Å²) in [6.07, 6.45) is 4.55. The summed E-state index contributed by atoms with van der Waals surface area (Å²) in [5.74, 6) is 0.550. The molecule has 0 spiro atoms. The van der Waals surface area contributed by atoms with Crippen LogP contribution < -0.4 is 0 Å². The molecular weight excluding hydrogens is 329 g/mol. The maximum absolute atomic E-state index is 10.8. The Balaban J connectivity index is 2.10. The zero-order chi connectivity index (χ0) is 17.2. The highest BCUT2D eigenvalue weighted by atomic mass is 35.5. The minimum Gasteiger partial charge on any atom is -0.391 e. The molecule has 4 heteroatoms. The first-order chi connectivity index (χ1) is 10.8. The van der Waals surface area contributed by atoms with E-state index >= 15 is 0 Å². The number of hydrogen-bond donors (Lipinski definition) is 1. The van der Waals surface area contributed by atoms with Crippen molar-refractivity contribution >= 4 is 23.2 Å². The van der Waals surface area contributed by atoms with Gasteiger partial charge in [0.1, 0.15) is 0 Å². The highest BCUT2D eigenvalue weighted by Crippen LogP contribution is 2.39. The Labute approximate surface area is 150 Å². The van der Waals surface area contributed by atoms with Gasteiger partial charge in [-0.2, -0.15) is 0 Å². The molecule has 0 aliphatic heterocycles. The minimum absolute atomic E-state index is 0.0962. The first kappa shape index (κ1) is 19.1. The SMILES string of the molecule is C[C@H](c1c(Cl)cccc1Cl)C(O)CN(C)[C@]1(C)CCCC[C@H]1C. The predicted octanol–water partition coefficient (Wildman–Crippen LogP) is 5.36. The summed E-state index contributed by atoms with van der Waals surface area (Å²) >= 11 is 12.6. The monoisotopic (exact) mass is 357 g/mol. The van der Waals surface area contributed by atoms with Gasteiger partial charge in [0.25, 0.3) is 0 Å². The normalized spacial score (nSPS) is 27.9. The Morgan fingerprint density at radius 1 is 1.30 bits per heavy atom. The summed E-state index contributed by atoms with van der Waals surface area (Å²) < 4.78 is 0. The minimum atomic E-state index is -0.497. The molecule has 0 bridgehead atoms. The van der Waals surface area contributed by atoms with Gasteiger partial charge < -0.3 is 5.11 Å². The van der Waals surface area contributed by atoms with Crippen LogP contribution in [0, 0.1) is 5.92 Å². The third-order valence-electron chi connectivity index (χ3n) is 6.00. The van der Waals surface area contributed by atoms with Crippen molar-refractivity contribution in [3.63, 3.8) is 0 Å². The van der Waals surface area contributed by atoms with Crippen LogP contribution in [0.1, 0.15) is 57.9 Å². The van der Waals surface area contributed by atoms with Crippen LogP contribution in [-0.4, -0.2) is 35.2 Å². The van der Waals surface area contributed by atoms with Gasteiger partial charge in [-0.15, -0.1) is 0 Å². The second-order valence-electron chi connectivity index (χ2n) is 7.38. The van der Waals surface area contributed by atoms with Crippen LogP contribution in [0.4, 0.5) is 0 Å². The summed E-state index contributed by atoms with van der Waals surface area (Å²) in [5.41, 5.74) is 1.00. The molecule has 23 heavy (non-hydrogen) atoms. The number of nitrogens with zero attached hydrogens (tertiary/aromatic N) is 1. The van der Waals surface area contributed by atoms with Crippen LogP contribution >= 0.6 is 23.2 Å². The van der Waals surface area contributed by atoms with Crippen molar-refractivity contribution in [3.05, 3.63) is 33.8 Å². The van der Waals surface area contributed by atoms with E-state index in [1.807, 2.05) is 25.1 Å². The average Bonchev–Trinajstić information content (AvgIpc) is 2.49.